The van der Waals surface area contributed by atoms with Gasteiger partial charge < -0.3 is 18.3 Å². The summed E-state index contributed by atoms with van der Waals surface area (Å²) in [5.41, 5.74) is 0. The Morgan fingerprint density at radius 1 is 0.778 bits per heavy atom. The van der Waals surface area contributed by atoms with Crippen LogP contribution in [0.4, 0.5) is 0 Å². The summed E-state index contributed by atoms with van der Waals surface area (Å²) in [6, 6.07) is 0. The Labute approximate surface area is 311 Å². The van der Waals surface area contributed by atoms with E-state index in [1.165, 1.54) is 3.58 Å². The van der Waals surface area contributed by atoms with E-state index in [0.717, 1.165) is 17.5 Å². The summed E-state index contributed by atoms with van der Waals surface area (Å²) >= 11 is 4.87. The fourth-order valence-electron chi connectivity index (χ4n) is 4.74. The molecule has 0 rings (SSSR count). The molecule has 8 atom stereocenters. The minimum atomic E-state index is -1.74. The molecule has 0 aromatic heterocycles. The van der Waals surface area contributed by atoms with Crippen LogP contribution >= 0.6 is 45.2 Å². The first-order valence-corrected chi connectivity index (χ1v) is 25.7. The van der Waals surface area contributed by atoms with Crippen molar-refractivity contribution in [3.05, 3.63) is 21.8 Å². The van der Waals surface area contributed by atoms with E-state index < -0.39 is 16.6 Å². The van der Waals surface area contributed by atoms with E-state index in [2.05, 4.69) is 187 Å². The average molecular weight is 895 g/mol. The molecule has 0 saturated heterocycles. The maximum atomic E-state index is 6.90. The smallest absolute Gasteiger partial charge is 0.192 e. The molecule has 0 aromatic rings. The van der Waals surface area contributed by atoms with Gasteiger partial charge in [-0.15, -0.1) is 0 Å². The topological polar surface area (TPSA) is 36.9 Å². The minimum Gasteiger partial charge on any atom is -0.416 e. The van der Waals surface area contributed by atoms with E-state index in [1.807, 2.05) is 0 Å². The maximum Gasteiger partial charge on any atom is 0.192 e. The molecule has 0 saturated carbocycles. The Balaban J connectivity index is 0. The highest BCUT2D eigenvalue weighted by Crippen LogP contribution is 2.41. The molecule has 0 heterocycles. The van der Waals surface area contributed by atoms with Crippen molar-refractivity contribution in [2.45, 2.75) is 152 Å². The quantitative estimate of drug-likeness (QED) is 0.0452. The zero-order valence-electron chi connectivity index (χ0n) is 33.1. The van der Waals surface area contributed by atoms with Gasteiger partial charge in [0.25, 0.3) is 0 Å². The highest BCUT2D eigenvalue weighted by molar-refractivity contribution is 14.1. The molecular weight excluding hydrogens is 818 g/mol. The van der Waals surface area contributed by atoms with Gasteiger partial charge in [-0.2, -0.15) is 0 Å². The molecule has 0 N–H and O–H groups in total. The maximum absolute atomic E-state index is 6.90. The van der Waals surface area contributed by atoms with Crippen molar-refractivity contribution in [2.75, 3.05) is 24.9 Å². The SMILES string of the molecule is CC/C=C\C(C)[C@H](C)[C@@H](C)[C@H](O[Si](C)(C)C(C)(C)C)[C@@H](C)CI.COCO[C@@H](C(C)CO[Si](C)(C)C(C)(C)C)[C@@H](C)/C=C(/C)I. The Morgan fingerprint density at radius 3 is 1.69 bits per heavy atom. The van der Waals surface area contributed by atoms with Crippen LogP contribution in [0.15, 0.2) is 21.8 Å². The molecule has 0 aliphatic rings. The van der Waals surface area contributed by atoms with Crippen LogP contribution in [0, 0.1) is 35.5 Å². The van der Waals surface area contributed by atoms with Gasteiger partial charge in [0.15, 0.2) is 16.6 Å². The number of methoxy groups -OCH3 is 1. The second-order valence-electron chi connectivity index (χ2n) is 16.6. The van der Waals surface area contributed by atoms with Crippen molar-refractivity contribution in [2.24, 2.45) is 35.5 Å². The molecule has 0 amide bonds. The lowest BCUT2D eigenvalue weighted by molar-refractivity contribution is -0.106. The molecule has 0 aliphatic carbocycles. The number of hydrogen-bond acceptors (Lipinski definition) is 4. The van der Waals surface area contributed by atoms with Crippen LogP contribution in [0.3, 0.4) is 0 Å². The van der Waals surface area contributed by atoms with E-state index in [-0.39, 0.29) is 16.2 Å². The average Bonchev–Trinajstić information content (AvgIpc) is 2.91. The second-order valence-corrected chi connectivity index (χ2v) is 28.7. The molecule has 0 radical (unpaired) electrons. The van der Waals surface area contributed by atoms with Crippen LogP contribution in [0.5, 0.6) is 0 Å². The van der Waals surface area contributed by atoms with Crippen LogP contribution in [0.2, 0.25) is 36.3 Å². The van der Waals surface area contributed by atoms with E-state index in [4.69, 9.17) is 18.3 Å². The van der Waals surface area contributed by atoms with E-state index >= 15 is 0 Å². The first kappa shape index (κ1) is 48.3. The molecule has 0 aromatic carbocycles. The van der Waals surface area contributed by atoms with E-state index in [0.29, 0.717) is 48.4 Å². The molecule has 270 valence electrons. The van der Waals surface area contributed by atoms with Gasteiger partial charge in [-0.1, -0.05) is 131 Å². The van der Waals surface area contributed by atoms with Crippen molar-refractivity contribution < 1.29 is 18.3 Å². The highest BCUT2D eigenvalue weighted by atomic mass is 127. The van der Waals surface area contributed by atoms with Gasteiger partial charge in [-0.05, 0) is 99.5 Å². The number of alkyl halides is 1. The third-order valence-electron chi connectivity index (χ3n) is 10.4. The molecule has 2 unspecified atom stereocenters. The molecule has 0 spiro atoms. The Kier molecular flexibility index (Phi) is 23.8. The summed E-state index contributed by atoms with van der Waals surface area (Å²) in [6.07, 6.45) is 8.54. The minimum absolute atomic E-state index is 0.106. The van der Waals surface area contributed by atoms with Crippen LogP contribution in [-0.2, 0) is 18.3 Å². The van der Waals surface area contributed by atoms with Crippen LogP contribution in [0.1, 0.15) is 103 Å². The Hall–Kier alpha value is 1.21. The fourth-order valence-corrected chi connectivity index (χ4v) is 8.40. The van der Waals surface area contributed by atoms with Gasteiger partial charge in [0.05, 0.1) is 12.2 Å². The molecule has 0 fully saturated rings. The summed E-state index contributed by atoms with van der Waals surface area (Å²) in [4.78, 5) is 0. The zero-order chi connectivity index (χ0) is 36.0. The summed E-state index contributed by atoms with van der Waals surface area (Å²) < 4.78 is 26.7. The van der Waals surface area contributed by atoms with Gasteiger partial charge >= 0.3 is 0 Å². The number of rotatable bonds is 18. The lowest BCUT2D eigenvalue weighted by Crippen LogP contribution is -2.48. The number of allylic oxidation sites excluding steroid dienone is 3. The normalized spacial score (nSPS) is 19.3. The monoisotopic (exact) mass is 894 g/mol. The third-order valence-corrected chi connectivity index (χ3v) is 21.1. The summed E-state index contributed by atoms with van der Waals surface area (Å²) in [5.74, 6) is 3.08. The third kappa shape index (κ3) is 18.1. The van der Waals surface area contributed by atoms with Gasteiger partial charge in [-0.3, -0.25) is 0 Å². The summed E-state index contributed by atoms with van der Waals surface area (Å²) in [6.45, 7) is 42.5. The zero-order valence-corrected chi connectivity index (χ0v) is 39.4. The van der Waals surface area contributed by atoms with E-state index in [9.17, 15) is 0 Å². The fraction of sp³-hybridized carbons (Fsp3) is 0.892. The van der Waals surface area contributed by atoms with Gasteiger partial charge in [0, 0.05) is 30.0 Å². The van der Waals surface area contributed by atoms with Crippen molar-refractivity contribution in [1.29, 1.82) is 0 Å². The molecule has 0 aliphatic heterocycles. The predicted octanol–water partition coefficient (Wildman–Crippen LogP) is 12.9. The molecule has 0 bridgehead atoms. The van der Waals surface area contributed by atoms with Crippen molar-refractivity contribution in [3.8, 4) is 0 Å². The Morgan fingerprint density at radius 2 is 1.29 bits per heavy atom. The van der Waals surface area contributed by atoms with E-state index in [1.54, 1.807) is 7.11 Å². The molecule has 45 heavy (non-hydrogen) atoms. The lowest BCUT2D eigenvalue weighted by atomic mass is 9.78. The molecule has 8 heteroatoms. The molecule has 4 nitrogen and oxygen atoms in total. The first-order chi connectivity index (χ1) is 20.3. The van der Waals surface area contributed by atoms with Crippen molar-refractivity contribution >= 4 is 61.8 Å². The molecular formula is C37H76I2O4Si2. The summed E-state index contributed by atoms with van der Waals surface area (Å²) in [5, 5.41) is 0.507. The highest BCUT2D eigenvalue weighted by Gasteiger charge is 2.42. The van der Waals surface area contributed by atoms with Crippen molar-refractivity contribution in [1.82, 2.24) is 0 Å². The number of ether oxygens (including phenoxy) is 2. The predicted molar refractivity (Wildman–Crippen MR) is 223 cm³/mol. The number of hydrogen-bond donors (Lipinski definition) is 0. The summed E-state index contributed by atoms with van der Waals surface area (Å²) in [7, 11) is -1.79. The van der Waals surface area contributed by atoms with Crippen LogP contribution < -0.4 is 0 Å². The largest absolute Gasteiger partial charge is 0.416 e. The van der Waals surface area contributed by atoms with Gasteiger partial charge in [0.1, 0.15) is 6.79 Å². The lowest BCUT2D eigenvalue weighted by Gasteiger charge is -2.44. The van der Waals surface area contributed by atoms with Crippen molar-refractivity contribution in [3.63, 3.8) is 0 Å². The Bertz CT molecular complexity index is 844. The van der Waals surface area contributed by atoms with Crippen LogP contribution in [-0.4, -0.2) is 53.8 Å². The van der Waals surface area contributed by atoms with Crippen LogP contribution in [0.25, 0.3) is 0 Å². The standard InChI is InChI=1S/C20H41IOSi.C17H35IO3Si/c1-11-12-13-15(2)17(4)18(5)19(16(3)14-21)22-23(9,10)20(6,7)8;1-13(10-15(3)18)16(20-12-19-7)14(2)11-21-22(8,9)17(4,5)6/h12-13,15-19H,11,14H2,1-10H3;10,13-14,16H,11-12H2,1-9H3/b13-12-;15-10-/t15?,16-,17-,18+,19+;13-,14?,16+/m00/s1. The second kappa shape index (κ2) is 22.1. The van der Waals surface area contributed by atoms with Gasteiger partial charge in [0.2, 0.25) is 0 Å². The van der Waals surface area contributed by atoms with Gasteiger partial charge in [-0.25, -0.2) is 0 Å². The first-order valence-electron chi connectivity index (χ1n) is 17.3. The number of halogens is 2.